The average Bonchev–Trinajstić information content (AvgIpc) is 3.12. The molecule has 1 aliphatic heterocycles. The van der Waals surface area contributed by atoms with Gasteiger partial charge in [-0.15, -0.1) is 24.0 Å². The highest BCUT2D eigenvalue weighted by atomic mass is 127. The van der Waals surface area contributed by atoms with Gasteiger partial charge >= 0.3 is 0 Å². The first kappa shape index (κ1) is 22.7. The Labute approximate surface area is 185 Å². The molecular formula is C21H32IN5O. The van der Waals surface area contributed by atoms with Gasteiger partial charge in [0.05, 0.1) is 19.3 Å². The highest BCUT2D eigenvalue weighted by Crippen LogP contribution is 2.24. The number of ether oxygens (including phenoxy) is 1. The van der Waals surface area contributed by atoms with Crippen LogP contribution >= 0.6 is 24.0 Å². The standard InChI is InChI=1S/C21H31N5O.HI/c1-16(2)19(17-8-6-5-7-9-17)13-23-21(22-3)26-10-11-27-20(15-26)18-12-24-25(4)14-18;/h5-9,12,14,16,19-20H,10-11,13,15H2,1-4H3,(H,22,23);1H. The van der Waals surface area contributed by atoms with Gasteiger partial charge in [0.2, 0.25) is 0 Å². The number of nitrogens with zero attached hydrogens (tertiary/aromatic N) is 4. The predicted molar refractivity (Wildman–Crippen MR) is 124 cm³/mol. The van der Waals surface area contributed by atoms with Crippen LogP contribution in [0.2, 0.25) is 0 Å². The molecular weight excluding hydrogens is 465 g/mol. The van der Waals surface area contributed by atoms with E-state index in [1.165, 1.54) is 5.56 Å². The van der Waals surface area contributed by atoms with Crippen LogP contribution in [0.25, 0.3) is 0 Å². The van der Waals surface area contributed by atoms with Crippen molar-refractivity contribution in [2.75, 3.05) is 33.3 Å². The van der Waals surface area contributed by atoms with E-state index in [9.17, 15) is 0 Å². The molecule has 0 spiro atoms. The van der Waals surface area contributed by atoms with Crippen LogP contribution in [-0.4, -0.2) is 53.9 Å². The van der Waals surface area contributed by atoms with Crippen LogP contribution in [0.4, 0.5) is 0 Å². The van der Waals surface area contributed by atoms with Crippen molar-refractivity contribution in [2.24, 2.45) is 18.0 Å². The third-order valence-corrected chi connectivity index (χ3v) is 5.19. The van der Waals surface area contributed by atoms with Gasteiger partial charge in [0.25, 0.3) is 0 Å². The summed E-state index contributed by atoms with van der Waals surface area (Å²) >= 11 is 0. The molecule has 2 atom stereocenters. The van der Waals surface area contributed by atoms with Gasteiger partial charge < -0.3 is 15.0 Å². The number of morpholine rings is 1. The molecule has 1 aliphatic rings. The Hall–Kier alpha value is -1.61. The van der Waals surface area contributed by atoms with E-state index in [-0.39, 0.29) is 30.1 Å². The topological polar surface area (TPSA) is 54.7 Å². The smallest absolute Gasteiger partial charge is 0.193 e. The molecule has 0 saturated carbocycles. The van der Waals surface area contributed by atoms with Crippen LogP contribution in [0, 0.1) is 5.92 Å². The molecule has 28 heavy (non-hydrogen) atoms. The first-order valence-electron chi connectivity index (χ1n) is 9.69. The van der Waals surface area contributed by atoms with Crippen molar-refractivity contribution in [2.45, 2.75) is 25.9 Å². The number of aromatic nitrogens is 2. The number of guanidine groups is 1. The predicted octanol–water partition coefficient (Wildman–Crippen LogP) is 3.43. The second-order valence-electron chi connectivity index (χ2n) is 7.44. The quantitative estimate of drug-likeness (QED) is 0.391. The van der Waals surface area contributed by atoms with Crippen molar-refractivity contribution in [3.05, 3.63) is 53.9 Å². The number of hydrogen-bond acceptors (Lipinski definition) is 3. The van der Waals surface area contributed by atoms with Gasteiger partial charge in [-0.3, -0.25) is 9.67 Å². The molecule has 0 radical (unpaired) electrons. The average molecular weight is 497 g/mol. The molecule has 1 fully saturated rings. The normalized spacial score (nSPS) is 18.7. The number of halogens is 1. The first-order chi connectivity index (χ1) is 13.1. The molecule has 0 aliphatic carbocycles. The maximum Gasteiger partial charge on any atom is 0.193 e. The van der Waals surface area contributed by atoms with Gasteiger partial charge in [0.1, 0.15) is 6.10 Å². The second-order valence-corrected chi connectivity index (χ2v) is 7.44. The van der Waals surface area contributed by atoms with Crippen LogP contribution in [-0.2, 0) is 11.8 Å². The number of benzene rings is 1. The van der Waals surface area contributed by atoms with Crippen molar-refractivity contribution >= 4 is 29.9 Å². The van der Waals surface area contributed by atoms with Crippen molar-refractivity contribution < 1.29 is 4.74 Å². The zero-order valence-electron chi connectivity index (χ0n) is 17.2. The summed E-state index contributed by atoms with van der Waals surface area (Å²) in [6, 6.07) is 10.7. The molecule has 1 saturated heterocycles. The van der Waals surface area contributed by atoms with Crippen molar-refractivity contribution in [1.29, 1.82) is 0 Å². The van der Waals surface area contributed by atoms with Gasteiger partial charge in [0.15, 0.2) is 5.96 Å². The molecule has 1 aromatic heterocycles. The second kappa shape index (κ2) is 10.8. The van der Waals surface area contributed by atoms with E-state index in [4.69, 9.17) is 4.74 Å². The van der Waals surface area contributed by atoms with E-state index >= 15 is 0 Å². The molecule has 3 rings (SSSR count). The molecule has 6 nitrogen and oxygen atoms in total. The zero-order chi connectivity index (χ0) is 19.2. The van der Waals surface area contributed by atoms with Gasteiger partial charge in [-0.2, -0.15) is 5.10 Å². The lowest BCUT2D eigenvalue weighted by atomic mass is 9.88. The lowest BCUT2D eigenvalue weighted by molar-refractivity contribution is -0.00806. The first-order valence-corrected chi connectivity index (χ1v) is 9.69. The fourth-order valence-electron chi connectivity index (χ4n) is 3.62. The fourth-order valence-corrected chi connectivity index (χ4v) is 3.62. The maximum absolute atomic E-state index is 5.96. The SMILES string of the molecule is CN=C(NCC(c1ccccc1)C(C)C)N1CCOC(c2cnn(C)c2)C1.I. The minimum Gasteiger partial charge on any atom is -0.370 e. The van der Waals surface area contributed by atoms with E-state index in [0.717, 1.165) is 31.2 Å². The van der Waals surface area contributed by atoms with Crippen LogP contribution in [0.3, 0.4) is 0 Å². The van der Waals surface area contributed by atoms with E-state index in [0.29, 0.717) is 18.4 Å². The third-order valence-electron chi connectivity index (χ3n) is 5.19. The summed E-state index contributed by atoms with van der Waals surface area (Å²) in [4.78, 5) is 6.81. The minimum absolute atomic E-state index is 0. The van der Waals surface area contributed by atoms with Crippen LogP contribution in [0.15, 0.2) is 47.7 Å². The number of hydrogen-bond donors (Lipinski definition) is 1. The van der Waals surface area contributed by atoms with E-state index in [1.807, 2.05) is 31.2 Å². The Morgan fingerprint density at radius 3 is 2.68 bits per heavy atom. The molecule has 1 aromatic carbocycles. The lowest BCUT2D eigenvalue weighted by Gasteiger charge is -2.35. The molecule has 7 heteroatoms. The summed E-state index contributed by atoms with van der Waals surface area (Å²) in [7, 11) is 3.78. The Bertz CT molecular complexity index is 746. The largest absolute Gasteiger partial charge is 0.370 e. The van der Waals surface area contributed by atoms with Gasteiger partial charge in [-0.25, -0.2) is 0 Å². The summed E-state index contributed by atoms with van der Waals surface area (Å²) in [5, 5.41) is 7.86. The highest BCUT2D eigenvalue weighted by Gasteiger charge is 2.26. The van der Waals surface area contributed by atoms with Crippen LogP contribution < -0.4 is 5.32 Å². The summed E-state index contributed by atoms with van der Waals surface area (Å²) in [6.45, 7) is 7.72. The van der Waals surface area contributed by atoms with Crippen molar-refractivity contribution in [1.82, 2.24) is 20.0 Å². The van der Waals surface area contributed by atoms with Gasteiger partial charge in [-0.05, 0) is 11.5 Å². The summed E-state index contributed by atoms with van der Waals surface area (Å²) < 4.78 is 7.77. The summed E-state index contributed by atoms with van der Waals surface area (Å²) in [6.07, 6.45) is 3.93. The molecule has 0 amide bonds. The Balaban J connectivity index is 0.00000280. The molecule has 2 heterocycles. The molecule has 0 bridgehead atoms. The monoisotopic (exact) mass is 497 g/mol. The van der Waals surface area contributed by atoms with E-state index < -0.39 is 0 Å². The highest BCUT2D eigenvalue weighted by molar-refractivity contribution is 14.0. The maximum atomic E-state index is 5.96. The van der Waals surface area contributed by atoms with Crippen molar-refractivity contribution in [3.63, 3.8) is 0 Å². The van der Waals surface area contributed by atoms with Gasteiger partial charge in [-0.1, -0.05) is 44.2 Å². The van der Waals surface area contributed by atoms with E-state index in [2.05, 4.69) is 64.5 Å². The number of nitrogens with one attached hydrogen (secondary N) is 1. The number of rotatable bonds is 5. The zero-order valence-corrected chi connectivity index (χ0v) is 19.5. The number of aryl methyl sites for hydroxylation is 1. The Morgan fingerprint density at radius 2 is 2.07 bits per heavy atom. The molecule has 2 unspecified atom stereocenters. The Kier molecular flexibility index (Phi) is 8.75. The molecule has 154 valence electrons. The summed E-state index contributed by atoms with van der Waals surface area (Å²) in [5.41, 5.74) is 2.48. The Morgan fingerprint density at radius 1 is 1.32 bits per heavy atom. The lowest BCUT2D eigenvalue weighted by Crippen LogP contribution is -2.49. The molecule has 1 N–H and O–H groups in total. The summed E-state index contributed by atoms with van der Waals surface area (Å²) in [5.74, 6) is 1.93. The fraction of sp³-hybridized carbons (Fsp3) is 0.524. The number of aliphatic imine (C=N–C) groups is 1. The van der Waals surface area contributed by atoms with Gasteiger partial charge in [0, 0.05) is 44.9 Å². The molecule has 2 aromatic rings. The van der Waals surface area contributed by atoms with Crippen LogP contribution in [0.5, 0.6) is 0 Å². The van der Waals surface area contributed by atoms with Crippen molar-refractivity contribution in [3.8, 4) is 0 Å². The van der Waals surface area contributed by atoms with E-state index in [1.54, 1.807) is 0 Å². The third kappa shape index (κ3) is 5.70. The van der Waals surface area contributed by atoms with Crippen LogP contribution in [0.1, 0.15) is 37.0 Å². The minimum atomic E-state index is 0.